The average molecular weight is 429 g/mol. The molecule has 8 nitrogen and oxygen atoms in total. The third kappa shape index (κ3) is 4.26. The molecule has 3 aromatic rings. The molecule has 1 N–H and O–H groups in total. The summed E-state index contributed by atoms with van der Waals surface area (Å²) in [5.74, 6) is 0.396. The van der Waals surface area contributed by atoms with Gasteiger partial charge < -0.3 is 14.0 Å². The number of alkyl halides is 3. The minimum Gasteiger partial charge on any atom is -0.493 e. The molecule has 1 heterocycles. The van der Waals surface area contributed by atoms with Gasteiger partial charge in [-0.2, -0.15) is 18.2 Å². The molecule has 0 bridgehead atoms. The summed E-state index contributed by atoms with van der Waals surface area (Å²) >= 11 is 0. The van der Waals surface area contributed by atoms with Gasteiger partial charge in [-0.15, -0.1) is 0 Å². The van der Waals surface area contributed by atoms with Crippen molar-refractivity contribution >= 4 is 15.7 Å². The summed E-state index contributed by atoms with van der Waals surface area (Å²) in [5.41, 5.74) is -0.996. The number of aromatic nitrogens is 2. The first-order chi connectivity index (χ1) is 13.7. The van der Waals surface area contributed by atoms with Crippen molar-refractivity contribution in [2.24, 2.45) is 0 Å². The molecule has 0 saturated carbocycles. The van der Waals surface area contributed by atoms with E-state index in [0.29, 0.717) is 6.07 Å². The number of hydrogen-bond donors (Lipinski definition) is 1. The van der Waals surface area contributed by atoms with Crippen molar-refractivity contribution in [3.05, 3.63) is 48.3 Å². The molecule has 0 spiro atoms. The second kappa shape index (κ2) is 7.62. The van der Waals surface area contributed by atoms with Crippen molar-refractivity contribution in [2.75, 3.05) is 18.9 Å². The van der Waals surface area contributed by atoms with Crippen LogP contribution in [0.1, 0.15) is 5.56 Å². The number of nitrogens with zero attached hydrogens (tertiary/aromatic N) is 2. The van der Waals surface area contributed by atoms with Crippen LogP contribution in [0.2, 0.25) is 0 Å². The Morgan fingerprint density at radius 1 is 1.07 bits per heavy atom. The third-order valence-electron chi connectivity index (χ3n) is 3.83. The molecule has 0 saturated heterocycles. The normalized spacial score (nSPS) is 11.9. The summed E-state index contributed by atoms with van der Waals surface area (Å²) in [6.45, 7) is 0. The Morgan fingerprint density at radius 3 is 2.34 bits per heavy atom. The number of nitrogens with one attached hydrogen (secondary N) is 1. The van der Waals surface area contributed by atoms with Gasteiger partial charge in [0, 0.05) is 6.07 Å². The monoisotopic (exact) mass is 429 g/mol. The van der Waals surface area contributed by atoms with Gasteiger partial charge in [-0.25, -0.2) is 8.42 Å². The standard InChI is InChI=1S/C17H14F3N3O5S/c1-26-14-7-12(16-21-9-22-28-16)13(8-15(14)27-2)23-29(24,25)11-5-3-4-10(6-11)17(18,19)20/h3-9,23H,1-2H3. The molecular weight excluding hydrogens is 415 g/mol. The Hall–Kier alpha value is -3.28. The van der Waals surface area contributed by atoms with E-state index in [-0.39, 0.29) is 28.6 Å². The number of benzene rings is 2. The summed E-state index contributed by atoms with van der Waals surface area (Å²) in [4.78, 5) is 3.30. The molecule has 0 radical (unpaired) electrons. The summed E-state index contributed by atoms with van der Waals surface area (Å²) in [6, 6.07) is 6.06. The van der Waals surface area contributed by atoms with Crippen LogP contribution < -0.4 is 14.2 Å². The second-order valence-electron chi connectivity index (χ2n) is 5.63. The maximum Gasteiger partial charge on any atom is 0.416 e. The maximum absolute atomic E-state index is 12.9. The highest BCUT2D eigenvalue weighted by molar-refractivity contribution is 7.92. The zero-order chi connectivity index (χ0) is 21.2. The van der Waals surface area contributed by atoms with Gasteiger partial charge in [-0.3, -0.25) is 4.72 Å². The van der Waals surface area contributed by atoms with Crippen molar-refractivity contribution in [3.8, 4) is 23.0 Å². The van der Waals surface area contributed by atoms with Crippen molar-refractivity contribution in [2.45, 2.75) is 11.1 Å². The van der Waals surface area contributed by atoms with E-state index in [9.17, 15) is 21.6 Å². The predicted molar refractivity (Wildman–Crippen MR) is 95.1 cm³/mol. The fraction of sp³-hybridized carbons (Fsp3) is 0.176. The number of methoxy groups -OCH3 is 2. The molecule has 0 fully saturated rings. The van der Waals surface area contributed by atoms with E-state index in [1.54, 1.807) is 0 Å². The van der Waals surface area contributed by atoms with Crippen LogP contribution in [0.25, 0.3) is 11.5 Å². The summed E-state index contributed by atoms with van der Waals surface area (Å²) < 4.78 is 81.9. The van der Waals surface area contributed by atoms with E-state index in [0.717, 1.165) is 24.5 Å². The molecule has 0 aliphatic rings. The molecule has 154 valence electrons. The second-order valence-corrected chi connectivity index (χ2v) is 7.31. The first-order valence-corrected chi connectivity index (χ1v) is 9.37. The van der Waals surface area contributed by atoms with Crippen LogP contribution in [0.3, 0.4) is 0 Å². The highest BCUT2D eigenvalue weighted by Crippen LogP contribution is 2.39. The van der Waals surface area contributed by atoms with E-state index >= 15 is 0 Å². The van der Waals surface area contributed by atoms with Gasteiger partial charge >= 0.3 is 6.18 Å². The lowest BCUT2D eigenvalue weighted by atomic mass is 10.1. The highest BCUT2D eigenvalue weighted by atomic mass is 32.2. The first kappa shape index (κ1) is 20.5. The topological polar surface area (TPSA) is 104 Å². The minimum absolute atomic E-state index is 0.0345. The Morgan fingerprint density at radius 2 is 1.76 bits per heavy atom. The van der Waals surface area contributed by atoms with Gasteiger partial charge in [0.05, 0.1) is 35.9 Å². The number of sulfonamides is 1. The Bertz CT molecular complexity index is 1120. The third-order valence-corrected chi connectivity index (χ3v) is 5.19. The zero-order valence-electron chi connectivity index (χ0n) is 15.0. The lowest BCUT2D eigenvalue weighted by molar-refractivity contribution is -0.137. The molecule has 0 amide bonds. The number of anilines is 1. The van der Waals surface area contributed by atoms with Gasteiger partial charge in [-0.1, -0.05) is 11.2 Å². The summed E-state index contributed by atoms with van der Waals surface area (Å²) in [5, 5.41) is 3.47. The zero-order valence-corrected chi connectivity index (χ0v) is 15.8. The van der Waals surface area contributed by atoms with Crippen molar-refractivity contribution < 1.29 is 35.6 Å². The summed E-state index contributed by atoms with van der Waals surface area (Å²) in [7, 11) is -1.67. The molecule has 0 aliphatic heterocycles. The van der Waals surface area contributed by atoms with Crippen molar-refractivity contribution in [1.82, 2.24) is 10.1 Å². The van der Waals surface area contributed by atoms with Crippen LogP contribution in [0, 0.1) is 0 Å². The fourth-order valence-corrected chi connectivity index (χ4v) is 3.59. The van der Waals surface area contributed by atoms with E-state index in [2.05, 4.69) is 14.9 Å². The van der Waals surface area contributed by atoms with Crippen LogP contribution in [0.4, 0.5) is 18.9 Å². The van der Waals surface area contributed by atoms with Crippen LogP contribution >= 0.6 is 0 Å². The molecule has 29 heavy (non-hydrogen) atoms. The number of rotatable bonds is 6. The lowest BCUT2D eigenvalue weighted by Crippen LogP contribution is -2.15. The molecular formula is C17H14F3N3O5S. The number of halogens is 3. The van der Waals surface area contributed by atoms with E-state index in [1.807, 2.05) is 0 Å². The molecule has 0 aliphatic carbocycles. The number of ether oxygens (including phenoxy) is 2. The molecule has 12 heteroatoms. The van der Waals surface area contributed by atoms with E-state index in [4.69, 9.17) is 14.0 Å². The van der Waals surface area contributed by atoms with Crippen LogP contribution in [0.15, 0.2) is 52.1 Å². The van der Waals surface area contributed by atoms with Crippen LogP contribution in [-0.4, -0.2) is 32.8 Å². The molecule has 0 unspecified atom stereocenters. The maximum atomic E-state index is 12.9. The summed E-state index contributed by atoms with van der Waals surface area (Å²) in [6.07, 6.45) is -3.58. The molecule has 0 atom stereocenters. The Labute approximate surface area is 163 Å². The first-order valence-electron chi connectivity index (χ1n) is 7.89. The van der Waals surface area contributed by atoms with E-state index < -0.39 is 26.7 Å². The quantitative estimate of drug-likeness (QED) is 0.639. The molecule has 1 aromatic heterocycles. The molecule has 3 rings (SSSR count). The van der Waals surface area contributed by atoms with Gasteiger partial charge in [-0.05, 0) is 24.3 Å². The highest BCUT2D eigenvalue weighted by Gasteiger charge is 2.32. The average Bonchev–Trinajstić information content (AvgIpc) is 3.21. The van der Waals surface area contributed by atoms with Crippen LogP contribution in [0.5, 0.6) is 11.5 Å². The lowest BCUT2D eigenvalue weighted by Gasteiger charge is -2.15. The smallest absolute Gasteiger partial charge is 0.416 e. The van der Waals surface area contributed by atoms with Crippen LogP contribution in [-0.2, 0) is 16.2 Å². The minimum atomic E-state index is -4.69. The Kier molecular flexibility index (Phi) is 5.38. The fourth-order valence-electron chi connectivity index (χ4n) is 2.48. The predicted octanol–water partition coefficient (Wildman–Crippen LogP) is 3.57. The van der Waals surface area contributed by atoms with Gasteiger partial charge in [0.25, 0.3) is 15.9 Å². The van der Waals surface area contributed by atoms with Crippen molar-refractivity contribution in [1.29, 1.82) is 0 Å². The molecule has 2 aromatic carbocycles. The Balaban J connectivity index is 2.09. The SMILES string of the molecule is COc1cc(NS(=O)(=O)c2cccc(C(F)(F)F)c2)c(-c2ncno2)cc1OC. The van der Waals surface area contributed by atoms with E-state index in [1.165, 1.54) is 26.4 Å². The van der Waals surface area contributed by atoms with Gasteiger partial charge in [0.15, 0.2) is 17.8 Å². The largest absolute Gasteiger partial charge is 0.493 e. The van der Waals surface area contributed by atoms with Gasteiger partial charge in [0.2, 0.25) is 0 Å². The number of hydrogen-bond acceptors (Lipinski definition) is 7. The van der Waals surface area contributed by atoms with Crippen molar-refractivity contribution in [3.63, 3.8) is 0 Å². The van der Waals surface area contributed by atoms with Gasteiger partial charge in [0.1, 0.15) is 0 Å².